The van der Waals surface area contributed by atoms with Gasteiger partial charge in [-0.25, -0.2) is 12.7 Å². The summed E-state index contributed by atoms with van der Waals surface area (Å²) in [6.45, 7) is 1.78. The average Bonchev–Trinajstić information content (AvgIpc) is 2.08. The highest BCUT2D eigenvalue weighted by Gasteiger charge is 2.19. The van der Waals surface area contributed by atoms with Crippen molar-refractivity contribution in [2.24, 2.45) is 0 Å². The molecule has 0 aliphatic carbocycles. The van der Waals surface area contributed by atoms with Crippen LogP contribution in [0.4, 0.5) is 0 Å². The maximum atomic E-state index is 11.8. The summed E-state index contributed by atoms with van der Waals surface area (Å²) in [5.74, 6) is 0. The highest BCUT2D eigenvalue weighted by Crippen LogP contribution is 2.22. The van der Waals surface area contributed by atoms with E-state index in [1.165, 1.54) is 18.4 Å². The topological polar surface area (TPSA) is 37.4 Å². The van der Waals surface area contributed by atoms with Crippen LogP contribution in [0.15, 0.2) is 27.6 Å². The number of rotatable bonds is 2. The predicted octanol–water partition coefficient (Wildman–Crippen LogP) is 2.01. The highest BCUT2D eigenvalue weighted by atomic mass is 79.9. The Hall–Kier alpha value is -0.390. The van der Waals surface area contributed by atoms with Gasteiger partial charge in [0.25, 0.3) is 0 Å². The lowest BCUT2D eigenvalue weighted by Gasteiger charge is -2.13. The Morgan fingerprint density at radius 3 is 2.36 bits per heavy atom. The molecule has 0 saturated heterocycles. The molecule has 0 saturated carbocycles. The van der Waals surface area contributed by atoms with E-state index in [-0.39, 0.29) is 0 Å². The lowest BCUT2D eigenvalue weighted by molar-refractivity contribution is 0.520. The Bertz CT molecular complexity index is 440. The summed E-state index contributed by atoms with van der Waals surface area (Å²) in [6.07, 6.45) is 0. The third-order valence-electron chi connectivity index (χ3n) is 1.91. The number of hydrogen-bond acceptors (Lipinski definition) is 2. The van der Waals surface area contributed by atoms with Gasteiger partial charge in [0.2, 0.25) is 10.0 Å². The first kappa shape index (κ1) is 11.7. The van der Waals surface area contributed by atoms with Gasteiger partial charge in [-0.15, -0.1) is 0 Å². The van der Waals surface area contributed by atoms with Gasteiger partial charge in [-0.1, -0.05) is 22.0 Å². The molecule has 0 unspecified atom stereocenters. The molecule has 0 heterocycles. The molecular weight excluding hydrogens is 266 g/mol. The van der Waals surface area contributed by atoms with E-state index in [9.17, 15) is 8.42 Å². The van der Waals surface area contributed by atoms with Crippen molar-refractivity contribution in [2.75, 3.05) is 14.1 Å². The fraction of sp³-hybridized carbons (Fsp3) is 0.333. The summed E-state index contributed by atoms with van der Waals surface area (Å²) < 4.78 is 25.6. The van der Waals surface area contributed by atoms with Crippen molar-refractivity contribution in [3.8, 4) is 0 Å². The zero-order chi connectivity index (χ0) is 10.9. The molecule has 0 aliphatic heterocycles. The first-order valence-electron chi connectivity index (χ1n) is 4.04. The van der Waals surface area contributed by atoms with Crippen molar-refractivity contribution < 1.29 is 8.42 Å². The van der Waals surface area contributed by atoms with Crippen molar-refractivity contribution in [2.45, 2.75) is 11.8 Å². The van der Waals surface area contributed by atoms with Crippen LogP contribution in [0.3, 0.4) is 0 Å². The van der Waals surface area contributed by atoms with Crippen LogP contribution in [0.25, 0.3) is 0 Å². The smallest absolute Gasteiger partial charge is 0.207 e. The molecule has 5 heteroatoms. The number of nitrogens with zero attached hydrogens (tertiary/aromatic N) is 1. The Balaban J connectivity index is 3.40. The van der Waals surface area contributed by atoms with Gasteiger partial charge in [-0.05, 0) is 24.6 Å². The Labute approximate surface area is 92.9 Å². The van der Waals surface area contributed by atoms with Crippen LogP contribution < -0.4 is 0 Å². The van der Waals surface area contributed by atoms with E-state index in [1.807, 2.05) is 6.07 Å². The van der Waals surface area contributed by atoms with Crippen molar-refractivity contribution in [3.05, 3.63) is 28.2 Å². The van der Waals surface area contributed by atoms with Gasteiger partial charge in [0, 0.05) is 18.6 Å². The number of hydrogen-bond donors (Lipinski definition) is 0. The predicted molar refractivity (Wildman–Crippen MR) is 59.8 cm³/mol. The molecule has 0 amide bonds. The zero-order valence-electron chi connectivity index (χ0n) is 8.28. The molecule has 3 nitrogen and oxygen atoms in total. The molecule has 1 rings (SSSR count). The first-order chi connectivity index (χ1) is 6.35. The van der Waals surface area contributed by atoms with Crippen LogP contribution in [0.1, 0.15) is 5.56 Å². The molecule has 14 heavy (non-hydrogen) atoms. The Morgan fingerprint density at radius 2 is 1.86 bits per heavy atom. The third kappa shape index (κ3) is 2.16. The molecule has 0 aromatic heterocycles. The minimum absolute atomic E-state index is 0.344. The van der Waals surface area contributed by atoms with Crippen LogP contribution >= 0.6 is 15.9 Å². The van der Waals surface area contributed by atoms with Crippen molar-refractivity contribution in [3.63, 3.8) is 0 Å². The average molecular weight is 278 g/mol. The maximum absolute atomic E-state index is 11.8. The SMILES string of the molecule is Cc1ccc(Br)cc1S(=O)(=O)N(C)C. The Kier molecular flexibility index (Phi) is 3.34. The summed E-state index contributed by atoms with van der Waals surface area (Å²) >= 11 is 3.25. The Morgan fingerprint density at radius 1 is 1.29 bits per heavy atom. The van der Waals surface area contributed by atoms with Gasteiger partial charge in [0.05, 0.1) is 4.90 Å². The van der Waals surface area contributed by atoms with E-state index >= 15 is 0 Å². The highest BCUT2D eigenvalue weighted by molar-refractivity contribution is 9.10. The monoisotopic (exact) mass is 277 g/mol. The quantitative estimate of drug-likeness (QED) is 0.829. The van der Waals surface area contributed by atoms with Crippen molar-refractivity contribution in [1.82, 2.24) is 4.31 Å². The fourth-order valence-corrected chi connectivity index (χ4v) is 2.71. The summed E-state index contributed by atoms with van der Waals surface area (Å²) in [4.78, 5) is 0.344. The number of aryl methyl sites for hydroxylation is 1. The largest absolute Gasteiger partial charge is 0.242 e. The lowest BCUT2D eigenvalue weighted by atomic mass is 10.2. The molecule has 0 fully saturated rings. The summed E-state index contributed by atoms with van der Waals surface area (Å²) in [5, 5.41) is 0. The van der Waals surface area contributed by atoms with E-state index < -0.39 is 10.0 Å². The van der Waals surface area contributed by atoms with Crippen LogP contribution in [-0.2, 0) is 10.0 Å². The fourth-order valence-electron chi connectivity index (χ4n) is 1.05. The number of sulfonamides is 1. The van der Waals surface area contributed by atoms with Crippen LogP contribution in [0.5, 0.6) is 0 Å². The van der Waals surface area contributed by atoms with Gasteiger partial charge < -0.3 is 0 Å². The van der Waals surface area contributed by atoms with Gasteiger partial charge in [-0.2, -0.15) is 0 Å². The molecule has 0 aliphatic rings. The van der Waals surface area contributed by atoms with Gasteiger partial charge in [0.15, 0.2) is 0 Å². The van der Waals surface area contributed by atoms with Gasteiger partial charge >= 0.3 is 0 Å². The molecular formula is C9H12BrNO2S. The maximum Gasteiger partial charge on any atom is 0.242 e. The standard InChI is InChI=1S/C9H12BrNO2S/c1-7-4-5-8(10)6-9(7)14(12,13)11(2)3/h4-6H,1-3H3. The molecule has 0 N–H and O–H groups in total. The van der Waals surface area contributed by atoms with E-state index in [0.29, 0.717) is 4.90 Å². The number of halogens is 1. The van der Waals surface area contributed by atoms with E-state index in [1.54, 1.807) is 19.1 Å². The molecule has 78 valence electrons. The van der Waals surface area contributed by atoms with Gasteiger partial charge in [0.1, 0.15) is 0 Å². The van der Waals surface area contributed by atoms with E-state index in [2.05, 4.69) is 15.9 Å². The third-order valence-corrected chi connectivity index (χ3v) is 4.36. The van der Waals surface area contributed by atoms with Crippen LogP contribution in [0.2, 0.25) is 0 Å². The molecule has 0 spiro atoms. The van der Waals surface area contributed by atoms with Crippen LogP contribution in [0, 0.1) is 6.92 Å². The van der Waals surface area contributed by atoms with Crippen molar-refractivity contribution in [1.29, 1.82) is 0 Å². The second-order valence-electron chi connectivity index (χ2n) is 3.20. The minimum atomic E-state index is -3.33. The normalized spacial score (nSPS) is 12.1. The minimum Gasteiger partial charge on any atom is -0.207 e. The molecule has 0 bridgehead atoms. The van der Waals surface area contributed by atoms with E-state index in [0.717, 1.165) is 10.0 Å². The molecule has 1 aromatic carbocycles. The summed E-state index contributed by atoms with van der Waals surface area (Å²) in [5.41, 5.74) is 0.752. The van der Waals surface area contributed by atoms with Crippen LogP contribution in [-0.4, -0.2) is 26.8 Å². The summed E-state index contributed by atoms with van der Waals surface area (Å²) in [7, 11) is -0.280. The summed E-state index contributed by atoms with van der Waals surface area (Å²) in [6, 6.07) is 5.22. The van der Waals surface area contributed by atoms with Gasteiger partial charge in [-0.3, -0.25) is 0 Å². The first-order valence-corrected chi connectivity index (χ1v) is 6.27. The molecule has 0 radical (unpaired) electrons. The zero-order valence-corrected chi connectivity index (χ0v) is 10.7. The molecule has 1 aromatic rings. The lowest BCUT2D eigenvalue weighted by Crippen LogP contribution is -2.22. The second kappa shape index (κ2) is 4.00. The number of benzene rings is 1. The van der Waals surface area contributed by atoms with E-state index in [4.69, 9.17) is 0 Å². The molecule has 0 atom stereocenters. The van der Waals surface area contributed by atoms with Crippen molar-refractivity contribution >= 4 is 26.0 Å². The second-order valence-corrected chi connectivity index (χ2v) is 6.23.